The predicted octanol–water partition coefficient (Wildman–Crippen LogP) is 3.00. The lowest BCUT2D eigenvalue weighted by Crippen LogP contribution is -2.19. The molecule has 0 atom stereocenters. The van der Waals surface area contributed by atoms with Crippen LogP contribution in [0.15, 0.2) is 16.6 Å². The fourth-order valence-electron chi connectivity index (χ4n) is 1.49. The van der Waals surface area contributed by atoms with Gasteiger partial charge >= 0.3 is 0 Å². The van der Waals surface area contributed by atoms with Crippen LogP contribution in [0.1, 0.15) is 26.6 Å². The first kappa shape index (κ1) is 13.1. The van der Waals surface area contributed by atoms with E-state index in [2.05, 4.69) is 31.5 Å². The average molecular weight is 317 g/mol. The van der Waals surface area contributed by atoms with Crippen LogP contribution < -0.4 is 0 Å². The molecule has 18 heavy (non-hydrogen) atoms. The summed E-state index contributed by atoms with van der Waals surface area (Å²) in [6.07, 6.45) is 0. The Morgan fingerprint density at radius 3 is 2.44 bits per heavy atom. The quantitative estimate of drug-likeness (QED) is 0.760. The zero-order valence-electron chi connectivity index (χ0n) is 10.1. The largest absolute Gasteiger partial charge is 0.206 e. The van der Waals surface area contributed by atoms with Gasteiger partial charge in [-0.25, -0.2) is 8.78 Å². The van der Waals surface area contributed by atoms with E-state index in [1.165, 1.54) is 4.68 Å². The summed E-state index contributed by atoms with van der Waals surface area (Å²) in [6, 6.07) is 2.11. The Bertz CT molecular complexity index is 589. The molecule has 4 nitrogen and oxygen atoms in total. The molecule has 1 heterocycles. The van der Waals surface area contributed by atoms with Crippen LogP contribution in [0, 0.1) is 11.6 Å². The first-order valence-corrected chi connectivity index (χ1v) is 6.04. The standard InChI is InChI=1S/C11H11BrF2N4/c1-11(2,3)10-15-16-17-18(10)9-5-7(13)6(12)4-8(9)14/h4-5H,1-3H3. The van der Waals surface area contributed by atoms with E-state index in [1.807, 2.05) is 20.8 Å². The van der Waals surface area contributed by atoms with Crippen molar-refractivity contribution in [2.24, 2.45) is 0 Å². The minimum absolute atomic E-state index is 0.00868. The van der Waals surface area contributed by atoms with Crippen molar-refractivity contribution in [1.82, 2.24) is 20.2 Å². The lowest BCUT2D eigenvalue weighted by atomic mass is 9.96. The Kier molecular flexibility index (Phi) is 3.18. The molecular formula is C11H11BrF2N4. The molecule has 0 amide bonds. The van der Waals surface area contributed by atoms with E-state index in [0.717, 1.165) is 12.1 Å². The highest BCUT2D eigenvalue weighted by Crippen LogP contribution is 2.26. The van der Waals surface area contributed by atoms with Crippen molar-refractivity contribution in [1.29, 1.82) is 0 Å². The number of nitrogens with zero attached hydrogens (tertiary/aromatic N) is 4. The second-order valence-corrected chi connectivity index (χ2v) is 5.74. The third kappa shape index (κ3) is 2.27. The summed E-state index contributed by atoms with van der Waals surface area (Å²) >= 11 is 2.93. The minimum atomic E-state index is -0.596. The summed E-state index contributed by atoms with van der Waals surface area (Å²) in [5.74, 6) is -0.703. The van der Waals surface area contributed by atoms with Crippen molar-refractivity contribution < 1.29 is 8.78 Å². The molecule has 0 aliphatic carbocycles. The number of benzene rings is 1. The maximum absolute atomic E-state index is 13.8. The van der Waals surface area contributed by atoms with Crippen molar-refractivity contribution in [2.45, 2.75) is 26.2 Å². The van der Waals surface area contributed by atoms with E-state index in [-0.39, 0.29) is 15.6 Å². The molecular weight excluding hydrogens is 306 g/mol. The first-order valence-electron chi connectivity index (χ1n) is 5.24. The summed E-state index contributed by atoms with van der Waals surface area (Å²) in [5.41, 5.74) is -0.384. The van der Waals surface area contributed by atoms with Gasteiger partial charge in [0.15, 0.2) is 5.82 Å². The number of hydrogen-bond donors (Lipinski definition) is 0. The average Bonchev–Trinajstić information content (AvgIpc) is 2.71. The summed E-state index contributed by atoms with van der Waals surface area (Å²) < 4.78 is 28.6. The Morgan fingerprint density at radius 1 is 1.17 bits per heavy atom. The zero-order chi connectivity index (χ0) is 13.5. The lowest BCUT2D eigenvalue weighted by molar-refractivity contribution is 0.514. The maximum Gasteiger partial charge on any atom is 0.162 e. The van der Waals surface area contributed by atoms with Crippen LogP contribution in [0.3, 0.4) is 0 Å². The lowest BCUT2D eigenvalue weighted by Gasteiger charge is -2.17. The smallest absolute Gasteiger partial charge is 0.162 e. The molecule has 0 N–H and O–H groups in total. The van der Waals surface area contributed by atoms with Gasteiger partial charge in [0.2, 0.25) is 0 Å². The summed E-state index contributed by atoms with van der Waals surface area (Å²) in [7, 11) is 0. The van der Waals surface area contributed by atoms with Gasteiger partial charge in [0.25, 0.3) is 0 Å². The van der Waals surface area contributed by atoms with Crippen molar-refractivity contribution >= 4 is 15.9 Å². The molecule has 96 valence electrons. The number of rotatable bonds is 1. The number of tetrazole rings is 1. The number of halogens is 3. The van der Waals surface area contributed by atoms with Crippen LogP contribution in [-0.4, -0.2) is 20.2 Å². The normalized spacial score (nSPS) is 11.9. The summed E-state index contributed by atoms with van der Waals surface area (Å²) in [4.78, 5) is 0. The van der Waals surface area contributed by atoms with E-state index >= 15 is 0 Å². The molecule has 1 aromatic heterocycles. The van der Waals surface area contributed by atoms with E-state index in [1.54, 1.807) is 0 Å². The topological polar surface area (TPSA) is 43.6 Å². The highest BCUT2D eigenvalue weighted by molar-refractivity contribution is 9.10. The SMILES string of the molecule is CC(C)(C)c1nnnn1-c1cc(F)c(Br)cc1F. The van der Waals surface area contributed by atoms with Gasteiger partial charge in [-0.1, -0.05) is 20.8 Å². The van der Waals surface area contributed by atoms with Gasteiger partial charge < -0.3 is 0 Å². The third-order valence-corrected chi connectivity index (χ3v) is 2.97. The van der Waals surface area contributed by atoms with Gasteiger partial charge in [0, 0.05) is 11.5 Å². The molecule has 0 aliphatic heterocycles. The van der Waals surface area contributed by atoms with E-state index < -0.39 is 11.6 Å². The molecule has 7 heteroatoms. The number of aromatic nitrogens is 4. The first-order chi connectivity index (χ1) is 8.30. The van der Waals surface area contributed by atoms with Gasteiger partial charge in [-0.3, -0.25) is 0 Å². The van der Waals surface area contributed by atoms with Crippen LogP contribution in [0.25, 0.3) is 5.69 Å². The molecule has 0 unspecified atom stereocenters. The van der Waals surface area contributed by atoms with Crippen LogP contribution in [0.5, 0.6) is 0 Å². The third-order valence-electron chi connectivity index (χ3n) is 2.36. The molecule has 0 fully saturated rings. The molecule has 0 radical (unpaired) electrons. The van der Waals surface area contributed by atoms with Crippen molar-refractivity contribution in [3.05, 3.63) is 34.1 Å². The molecule has 0 spiro atoms. The summed E-state index contributed by atoms with van der Waals surface area (Å²) in [6.45, 7) is 5.67. The van der Waals surface area contributed by atoms with Crippen molar-refractivity contribution in [3.63, 3.8) is 0 Å². The van der Waals surface area contributed by atoms with Crippen molar-refractivity contribution in [2.75, 3.05) is 0 Å². The Balaban J connectivity index is 2.64. The van der Waals surface area contributed by atoms with E-state index in [9.17, 15) is 8.78 Å². The van der Waals surface area contributed by atoms with Crippen LogP contribution in [0.2, 0.25) is 0 Å². The molecule has 0 saturated carbocycles. The second kappa shape index (κ2) is 4.38. The van der Waals surface area contributed by atoms with Gasteiger partial charge in [-0.2, -0.15) is 4.68 Å². The second-order valence-electron chi connectivity index (χ2n) is 4.88. The fraction of sp³-hybridized carbons (Fsp3) is 0.364. The van der Waals surface area contributed by atoms with Crippen LogP contribution >= 0.6 is 15.9 Å². The van der Waals surface area contributed by atoms with Gasteiger partial charge in [-0.15, -0.1) is 5.10 Å². The van der Waals surface area contributed by atoms with Gasteiger partial charge in [-0.05, 0) is 32.4 Å². The van der Waals surface area contributed by atoms with E-state index in [4.69, 9.17) is 0 Å². The molecule has 0 aliphatic rings. The molecule has 0 saturated heterocycles. The Labute approximate surface area is 111 Å². The fourth-order valence-corrected chi connectivity index (χ4v) is 1.81. The van der Waals surface area contributed by atoms with Crippen LogP contribution in [-0.2, 0) is 5.41 Å². The van der Waals surface area contributed by atoms with Gasteiger partial charge in [0.05, 0.1) is 4.47 Å². The number of hydrogen-bond acceptors (Lipinski definition) is 3. The predicted molar refractivity (Wildman–Crippen MR) is 65.5 cm³/mol. The maximum atomic E-state index is 13.8. The molecule has 2 rings (SSSR count). The van der Waals surface area contributed by atoms with Crippen molar-refractivity contribution in [3.8, 4) is 5.69 Å². The van der Waals surface area contributed by atoms with E-state index in [0.29, 0.717) is 5.82 Å². The Hall–Kier alpha value is -1.37. The highest BCUT2D eigenvalue weighted by atomic mass is 79.9. The zero-order valence-corrected chi connectivity index (χ0v) is 11.7. The minimum Gasteiger partial charge on any atom is -0.206 e. The summed E-state index contributed by atoms with van der Waals surface area (Å²) in [5, 5.41) is 11.1. The highest BCUT2D eigenvalue weighted by Gasteiger charge is 2.24. The van der Waals surface area contributed by atoms with Gasteiger partial charge in [0.1, 0.15) is 17.3 Å². The van der Waals surface area contributed by atoms with Crippen LogP contribution in [0.4, 0.5) is 8.78 Å². The Morgan fingerprint density at radius 2 is 1.83 bits per heavy atom. The molecule has 0 bridgehead atoms. The monoisotopic (exact) mass is 316 g/mol. The molecule has 2 aromatic rings. The molecule has 1 aromatic carbocycles.